The summed E-state index contributed by atoms with van der Waals surface area (Å²) in [4.78, 5) is 28.1. The second-order valence-electron chi connectivity index (χ2n) is 5.52. The molecule has 1 aliphatic heterocycles. The number of esters is 1. The number of ether oxygens (including phenoxy) is 1. The number of carbonyl (C=O) groups is 2. The minimum absolute atomic E-state index is 0.155. The standard InChI is InChI=1S/C17H25N3O3/c1-4-19(5-2)17(22)18-14-12-13(16(21)23-3)8-9-15(14)20-10-6-7-11-20/h8-9,12H,4-7,10-11H2,1-3H3,(H,18,22). The van der Waals surface area contributed by atoms with E-state index in [9.17, 15) is 9.59 Å². The summed E-state index contributed by atoms with van der Waals surface area (Å²) in [5.74, 6) is -0.406. The number of nitrogens with zero attached hydrogens (tertiary/aromatic N) is 2. The molecule has 2 amide bonds. The second kappa shape index (κ2) is 7.85. The average Bonchev–Trinajstić information content (AvgIpc) is 3.09. The van der Waals surface area contributed by atoms with Crippen LogP contribution in [0, 0.1) is 0 Å². The van der Waals surface area contributed by atoms with Gasteiger partial charge in [-0.1, -0.05) is 0 Å². The Balaban J connectivity index is 2.31. The maximum absolute atomic E-state index is 12.4. The van der Waals surface area contributed by atoms with Gasteiger partial charge in [-0.2, -0.15) is 0 Å². The Morgan fingerprint density at radius 1 is 1.22 bits per heavy atom. The minimum atomic E-state index is -0.406. The third kappa shape index (κ3) is 3.94. The number of methoxy groups -OCH3 is 1. The molecule has 0 saturated carbocycles. The molecule has 1 N–H and O–H groups in total. The number of hydrogen-bond donors (Lipinski definition) is 1. The lowest BCUT2D eigenvalue weighted by Gasteiger charge is -2.24. The molecule has 1 saturated heterocycles. The van der Waals surface area contributed by atoms with Gasteiger partial charge in [-0.15, -0.1) is 0 Å². The molecule has 0 radical (unpaired) electrons. The van der Waals surface area contributed by atoms with Crippen molar-refractivity contribution in [1.82, 2.24) is 4.90 Å². The highest BCUT2D eigenvalue weighted by Gasteiger charge is 2.20. The summed E-state index contributed by atoms with van der Waals surface area (Å²) < 4.78 is 4.78. The number of carbonyl (C=O) groups excluding carboxylic acids is 2. The molecule has 2 rings (SSSR count). The fourth-order valence-corrected chi connectivity index (χ4v) is 2.82. The van der Waals surface area contributed by atoms with Crippen molar-refractivity contribution in [2.24, 2.45) is 0 Å². The number of hydrogen-bond acceptors (Lipinski definition) is 4. The van der Waals surface area contributed by atoms with Crippen molar-refractivity contribution in [2.45, 2.75) is 26.7 Å². The quantitative estimate of drug-likeness (QED) is 0.848. The number of benzene rings is 1. The van der Waals surface area contributed by atoms with Crippen LogP contribution in [0.1, 0.15) is 37.0 Å². The van der Waals surface area contributed by atoms with E-state index in [4.69, 9.17) is 4.74 Å². The van der Waals surface area contributed by atoms with E-state index < -0.39 is 5.97 Å². The Morgan fingerprint density at radius 2 is 1.87 bits per heavy atom. The monoisotopic (exact) mass is 319 g/mol. The van der Waals surface area contributed by atoms with E-state index in [1.807, 2.05) is 19.9 Å². The predicted octanol–water partition coefficient (Wildman–Crippen LogP) is 2.95. The van der Waals surface area contributed by atoms with E-state index in [0.29, 0.717) is 24.3 Å². The maximum atomic E-state index is 12.4. The summed E-state index contributed by atoms with van der Waals surface area (Å²) in [5, 5.41) is 2.95. The van der Waals surface area contributed by atoms with E-state index in [1.54, 1.807) is 17.0 Å². The van der Waals surface area contributed by atoms with Gasteiger partial charge < -0.3 is 19.9 Å². The molecule has 0 aromatic heterocycles. The van der Waals surface area contributed by atoms with Gasteiger partial charge in [-0.25, -0.2) is 9.59 Å². The van der Waals surface area contributed by atoms with Gasteiger partial charge in [-0.3, -0.25) is 0 Å². The SMILES string of the molecule is CCN(CC)C(=O)Nc1cc(C(=O)OC)ccc1N1CCCC1. The summed E-state index contributed by atoms with van der Waals surface area (Å²) in [6.07, 6.45) is 2.28. The van der Waals surface area contributed by atoms with Crippen molar-refractivity contribution in [2.75, 3.05) is 43.5 Å². The molecule has 126 valence electrons. The summed E-state index contributed by atoms with van der Waals surface area (Å²) in [7, 11) is 1.35. The van der Waals surface area contributed by atoms with E-state index in [0.717, 1.165) is 31.6 Å². The molecule has 0 atom stereocenters. The number of rotatable bonds is 5. The largest absolute Gasteiger partial charge is 0.465 e. The zero-order chi connectivity index (χ0) is 16.8. The fraction of sp³-hybridized carbons (Fsp3) is 0.529. The minimum Gasteiger partial charge on any atom is -0.465 e. The van der Waals surface area contributed by atoms with Gasteiger partial charge in [-0.05, 0) is 44.9 Å². The van der Waals surface area contributed by atoms with E-state index in [1.165, 1.54) is 7.11 Å². The molecule has 1 aromatic carbocycles. The third-order valence-electron chi connectivity index (χ3n) is 4.16. The first-order valence-electron chi connectivity index (χ1n) is 8.13. The Hall–Kier alpha value is -2.24. The number of amides is 2. The molecule has 0 bridgehead atoms. The molecule has 1 aliphatic rings. The van der Waals surface area contributed by atoms with Gasteiger partial charge in [0.05, 0.1) is 24.0 Å². The summed E-state index contributed by atoms with van der Waals surface area (Å²) in [5.41, 5.74) is 2.05. The zero-order valence-corrected chi connectivity index (χ0v) is 14.1. The topological polar surface area (TPSA) is 61.9 Å². The van der Waals surface area contributed by atoms with Crippen LogP contribution in [0.4, 0.5) is 16.2 Å². The highest BCUT2D eigenvalue weighted by atomic mass is 16.5. The van der Waals surface area contributed by atoms with Crippen molar-refractivity contribution in [3.63, 3.8) is 0 Å². The summed E-state index contributed by atoms with van der Waals surface area (Å²) in [6.45, 7) is 7.08. The van der Waals surface area contributed by atoms with Crippen LogP contribution in [0.5, 0.6) is 0 Å². The Morgan fingerprint density at radius 3 is 2.43 bits per heavy atom. The van der Waals surface area contributed by atoms with Crippen molar-refractivity contribution in [1.29, 1.82) is 0 Å². The van der Waals surface area contributed by atoms with Gasteiger partial charge in [0.25, 0.3) is 0 Å². The number of urea groups is 1. The first kappa shape index (κ1) is 17.1. The molecule has 0 spiro atoms. The lowest BCUT2D eigenvalue weighted by molar-refractivity contribution is 0.0600. The number of anilines is 2. The van der Waals surface area contributed by atoms with Crippen LogP contribution in [0.2, 0.25) is 0 Å². The van der Waals surface area contributed by atoms with Crippen LogP contribution in [-0.4, -0.2) is 50.2 Å². The molecule has 6 heteroatoms. The van der Waals surface area contributed by atoms with Crippen LogP contribution in [0.25, 0.3) is 0 Å². The van der Waals surface area contributed by atoms with Gasteiger partial charge in [0, 0.05) is 26.2 Å². The lowest BCUT2D eigenvalue weighted by Crippen LogP contribution is -2.35. The van der Waals surface area contributed by atoms with Gasteiger partial charge in [0.15, 0.2) is 0 Å². The Labute approximate surface area is 137 Å². The normalized spacial score (nSPS) is 13.8. The van der Waals surface area contributed by atoms with E-state index in [2.05, 4.69) is 10.2 Å². The molecule has 23 heavy (non-hydrogen) atoms. The second-order valence-corrected chi connectivity index (χ2v) is 5.52. The smallest absolute Gasteiger partial charge is 0.337 e. The first-order valence-corrected chi connectivity index (χ1v) is 8.13. The third-order valence-corrected chi connectivity index (χ3v) is 4.16. The summed E-state index contributed by atoms with van der Waals surface area (Å²) in [6, 6.07) is 5.17. The van der Waals surface area contributed by atoms with Gasteiger partial charge in [0.1, 0.15) is 0 Å². The Kier molecular flexibility index (Phi) is 5.84. The van der Waals surface area contributed by atoms with Crippen molar-refractivity contribution in [3.05, 3.63) is 23.8 Å². The predicted molar refractivity (Wildman–Crippen MR) is 91.2 cm³/mol. The summed E-state index contributed by atoms with van der Waals surface area (Å²) >= 11 is 0. The molecule has 0 unspecified atom stereocenters. The van der Waals surface area contributed by atoms with Crippen molar-refractivity contribution < 1.29 is 14.3 Å². The molecular formula is C17H25N3O3. The molecular weight excluding hydrogens is 294 g/mol. The average molecular weight is 319 g/mol. The van der Waals surface area contributed by atoms with Crippen LogP contribution >= 0.6 is 0 Å². The highest BCUT2D eigenvalue weighted by molar-refractivity contribution is 5.97. The van der Waals surface area contributed by atoms with Crippen LogP contribution in [0.3, 0.4) is 0 Å². The van der Waals surface area contributed by atoms with Crippen LogP contribution < -0.4 is 10.2 Å². The van der Waals surface area contributed by atoms with Gasteiger partial charge >= 0.3 is 12.0 Å². The number of nitrogens with one attached hydrogen (secondary N) is 1. The van der Waals surface area contributed by atoms with Crippen molar-refractivity contribution >= 4 is 23.4 Å². The fourth-order valence-electron chi connectivity index (χ4n) is 2.82. The molecule has 1 fully saturated rings. The zero-order valence-electron chi connectivity index (χ0n) is 14.1. The molecule has 1 heterocycles. The molecule has 0 aliphatic carbocycles. The molecule has 1 aromatic rings. The van der Waals surface area contributed by atoms with E-state index in [-0.39, 0.29) is 6.03 Å². The maximum Gasteiger partial charge on any atom is 0.337 e. The Bertz CT molecular complexity index is 564. The van der Waals surface area contributed by atoms with Crippen LogP contribution in [0.15, 0.2) is 18.2 Å². The van der Waals surface area contributed by atoms with Gasteiger partial charge in [0.2, 0.25) is 0 Å². The van der Waals surface area contributed by atoms with Crippen molar-refractivity contribution in [3.8, 4) is 0 Å². The van der Waals surface area contributed by atoms with E-state index >= 15 is 0 Å². The molecule has 6 nitrogen and oxygen atoms in total. The van der Waals surface area contributed by atoms with Crippen LogP contribution in [-0.2, 0) is 4.74 Å². The first-order chi connectivity index (χ1) is 11.1. The lowest BCUT2D eigenvalue weighted by atomic mass is 10.1. The highest BCUT2D eigenvalue weighted by Crippen LogP contribution is 2.30.